The van der Waals surface area contributed by atoms with Crippen molar-refractivity contribution in [2.24, 2.45) is 0 Å². The normalized spacial score (nSPS) is 14.4. The zero-order valence-electron chi connectivity index (χ0n) is 10.2. The van der Waals surface area contributed by atoms with Gasteiger partial charge in [-0.3, -0.25) is 4.79 Å². The highest BCUT2D eigenvalue weighted by Gasteiger charge is 2.32. The molecule has 2 nitrogen and oxygen atoms in total. The van der Waals surface area contributed by atoms with Crippen LogP contribution in [0.2, 0.25) is 0 Å². The Morgan fingerprint density at radius 3 is 2.41 bits per heavy atom. The van der Waals surface area contributed by atoms with Crippen molar-refractivity contribution in [1.82, 2.24) is 0 Å². The zero-order valence-corrected chi connectivity index (χ0v) is 10.2. The third-order valence-electron chi connectivity index (χ3n) is 2.80. The molecule has 0 aliphatic rings. The van der Waals surface area contributed by atoms with Crippen molar-refractivity contribution in [1.29, 1.82) is 0 Å². The molecule has 1 aromatic carbocycles. The summed E-state index contributed by atoms with van der Waals surface area (Å²) in [5, 5.41) is 0. The number of benzene rings is 1. The van der Waals surface area contributed by atoms with Crippen molar-refractivity contribution < 1.29 is 18.3 Å². The minimum atomic E-state index is -1.02. The van der Waals surface area contributed by atoms with Crippen LogP contribution in [-0.4, -0.2) is 18.0 Å². The van der Waals surface area contributed by atoms with Crippen LogP contribution < -0.4 is 0 Å². The number of halogens is 2. The van der Waals surface area contributed by atoms with Crippen LogP contribution in [0.5, 0.6) is 0 Å². The second kappa shape index (κ2) is 5.36. The van der Waals surface area contributed by atoms with Crippen molar-refractivity contribution in [3.05, 3.63) is 35.4 Å². The molecule has 0 fully saturated rings. The monoisotopic (exact) mass is 242 g/mol. The molecule has 1 aromatic rings. The Bertz CT molecular complexity index is 418. The smallest absolute Gasteiger partial charge is 0.194 e. The Balaban J connectivity index is 3.06. The molecule has 94 valence electrons. The fraction of sp³-hybridized carbons (Fsp3) is 0.462. The zero-order chi connectivity index (χ0) is 13.1. The maximum Gasteiger partial charge on any atom is 0.194 e. The molecule has 0 saturated carbocycles. The molecule has 0 radical (unpaired) electrons. The lowest BCUT2D eigenvalue weighted by atomic mass is 9.92. The van der Waals surface area contributed by atoms with Crippen LogP contribution in [0.25, 0.3) is 0 Å². The molecular weight excluding hydrogens is 226 g/mol. The average Bonchev–Trinajstić information content (AvgIpc) is 2.32. The SMILES string of the molecule is CCOC(C)(CC)C(=O)c1ccc(F)c(F)c1. The number of hydrogen-bond donors (Lipinski definition) is 0. The van der Waals surface area contributed by atoms with Gasteiger partial charge < -0.3 is 4.74 Å². The van der Waals surface area contributed by atoms with Crippen LogP contribution in [0.4, 0.5) is 8.78 Å². The van der Waals surface area contributed by atoms with E-state index in [1.165, 1.54) is 6.07 Å². The lowest BCUT2D eigenvalue weighted by Gasteiger charge is -2.26. The molecule has 0 heterocycles. The van der Waals surface area contributed by atoms with Gasteiger partial charge in [-0.1, -0.05) is 6.92 Å². The van der Waals surface area contributed by atoms with Crippen LogP contribution in [0.1, 0.15) is 37.6 Å². The van der Waals surface area contributed by atoms with Crippen molar-refractivity contribution in [2.75, 3.05) is 6.61 Å². The van der Waals surface area contributed by atoms with E-state index < -0.39 is 17.2 Å². The van der Waals surface area contributed by atoms with Gasteiger partial charge in [-0.15, -0.1) is 0 Å². The summed E-state index contributed by atoms with van der Waals surface area (Å²) in [5.74, 6) is -2.32. The number of ketones is 1. The quantitative estimate of drug-likeness (QED) is 0.740. The van der Waals surface area contributed by atoms with Crippen LogP contribution in [0.3, 0.4) is 0 Å². The molecule has 4 heteroatoms. The predicted octanol–water partition coefficient (Wildman–Crippen LogP) is 3.35. The molecular formula is C13H16F2O2. The molecule has 0 amide bonds. The molecule has 0 aliphatic carbocycles. The van der Waals surface area contributed by atoms with Gasteiger partial charge in [0, 0.05) is 12.2 Å². The number of rotatable bonds is 5. The van der Waals surface area contributed by atoms with Crippen LogP contribution in [0, 0.1) is 11.6 Å². The fourth-order valence-electron chi connectivity index (χ4n) is 1.59. The topological polar surface area (TPSA) is 26.3 Å². The van der Waals surface area contributed by atoms with Crippen LogP contribution >= 0.6 is 0 Å². The summed E-state index contributed by atoms with van der Waals surface area (Å²) in [6.45, 7) is 5.64. The van der Waals surface area contributed by atoms with E-state index in [2.05, 4.69) is 0 Å². The third-order valence-corrected chi connectivity index (χ3v) is 2.80. The van der Waals surface area contributed by atoms with Crippen LogP contribution in [0.15, 0.2) is 18.2 Å². The summed E-state index contributed by atoms with van der Waals surface area (Å²) in [5.41, 5.74) is -0.861. The maximum absolute atomic E-state index is 13.0. The second-order valence-corrected chi connectivity index (χ2v) is 3.98. The minimum Gasteiger partial charge on any atom is -0.367 e. The Kier molecular flexibility index (Phi) is 4.34. The van der Waals surface area contributed by atoms with Gasteiger partial charge in [-0.2, -0.15) is 0 Å². The van der Waals surface area contributed by atoms with E-state index in [0.29, 0.717) is 13.0 Å². The highest BCUT2D eigenvalue weighted by atomic mass is 19.2. The van der Waals surface area contributed by atoms with Crippen molar-refractivity contribution in [3.63, 3.8) is 0 Å². The summed E-state index contributed by atoms with van der Waals surface area (Å²) >= 11 is 0. The summed E-state index contributed by atoms with van der Waals surface area (Å²) in [4.78, 5) is 12.1. The van der Waals surface area contributed by atoms with E-state index in [1.54, 1.807) is 13.8 Å². The van der Waals surface area contributed by atoms with E-state index in [0.717, 1.165) is 12.1 Å². The number of carbonyl (C=O) groups excluding carboxylic acids is 1. The van der Waals surface area contributed by atoms with Crippen molar-refractivity contribution >= 4 is 5.78 Å². The molecule has 0 spiro atoms. The lowest BCUT2D eigenvalue weighted by molar-refractivity contribution is -0.0116. The van der Waals surface area contributed by atoms with Crippen molar-refractivity contribution in [3.8, 4) is 0 Å². The maximum atomic E-state index is 13.0. The number of hydrogen-bond acceptors (Lipinski definition) is 2. The van der Waals surface area contributed by atoms with E-state index in [1.807, 2.05) is 6.92 Å². The van der Waals surface area contributed by atoms with Gasteiger partial charge in [0.05, 0.1) is 0 Å². The Morgan fingerprint density at radius 2 is 1.94 bits per heavy atom. The number of carbonyl (C=O) groups is 1. The summed E-state index contributed by atoms with van der Waals surface area (Å²) < 4.78 is 31.2. The molecule has 1 rings (SSSR count). The van der Waals surface area contributed by atoms with Gasteiger partial charge in [-0.25, -0.2) is 8.78 Å². The summed E-state index contributed by atoms with van der Waals surface area (Å²) in [6.07, 6.45) is 0.471. The lowest BCUT2D eigenvalue weighted by Crippen LogP contribution is -2.38. The fourth-order valence-corrected chi connectivity index (χ4v) is 1.59. The largest absolute Gasteiger partial charge is 0.367 e. The van der Waals surface area contributed by atoms with E-state index in [-0.39, 0.29) is 11.3 Å². The first-order valence-corrected chi connectivity index (χ1v) is 5.58. The highest BCUT2D eigenvalue weighted by molar-refractivity contribution is 6.02. The number of Topliss-reactive ketones (excluding diaryl/α,β-unsaturated/α-hetero) is 1. The molecule has 1 unspecified atom stereocenters. The van der Waals surface area contributed by atoms with Gasteiger partial charge in [0.1, 0.15) is 5.60 Å². The molecule has 0 aliphatic heterocycles. The summed E-state index contributed by atoms with van der Waals surface area (Å²) in [7, 11) is 0. The van der Waals surface area contributed by atoms with Gasteiger partial charge in [0.15, 0.2) is 17.4 Å². The first kappa shape index (κ1) is 13.8. The average molecular weight is 242 g/mol. The highest BCUT2D eigenvalue weighted by Crippen LogP contribution is 2.22. The Morgan fingerprint density at radius 1 is 1.29 bits per heavy atom. The van der Waals surface area contributed by atoms with Crippen molar-refractivity contribution in [2.45, 2.75) is 32.8 Å². The molecule has 0 bridgehead atoms. The van der Waals surface area contributed by atoms with Gasteiger partial charge in [-0.05, 0) is 38.5 Å². The predicted molar refractivity (Wildman–Crippen MR) is 61.0 cm³/mol. The van der Waals surface area contributed by atoms with Crippen LogP contribution in [-0.2, 0) is 4.74 Å². The Labute approximate surface area is 99.6 Å². The molecule has 0 saturated heterocycles. The van der Waals surface area contributed by atoms with E-state index in [4.69, 9.17) is 4.74 Å². The van der Waals surface area contributed by atoms with E-state index in [9.17, 15) is 13.6 Å². The summed E-state index contributed by atoms with van der Waals surface area (Å²) in [6, 6.07) is 3.13. The van der Waals surface area contributed by atoms with E-state index >= 15 is 0 Å². The first-order valence-electron chi connectivity index (χ1n) is 5.58. The molecule has 0 aromatic heterocycles. The minimum absolute atomic E-state index is 0.127. The number of ether oxygens (including phenoxy) is 1. The Hall–Kier alpha value is -1.29. The second-order valence-electron chi connectivity index (χ2n) is 3.98. The van der Waals surface area contributed by atoms with Gasteiger partial charge in [0.25, 0.3) is 0 Å². The standard InChI is InChI=1S/C13H16F2O2/c1-4-13(3,17-5-2)12(16)9-6-7-10(14)11(15)8-9/h6-8H,4-5H2,1-3H3. The first-order chi connectivity index (χ1) is 7.94. The molecule has 17 heavy (non-hydrogen) atoms. The third kappa shape index (κ3) is 2.88. The van der Waals surface area contributed by atoms with Gasteiger partial charge >= 0.3 is 0 Å². The molecule has 1 atom stereocenters. The molecule has 0 N–H and O–H groups in total. The van der Waals surface area contributed by atoms with Gasteiger partial charge in [0.2, 0.25) is 0 Å².